The maximum atomic E-state index is 11.9. The maximum absolute atomic E-state index is 11.9. The first-order chi connectivity index (χ1) is 13.8. The lowest BCUT2D eigenvalue weighted by Gasteiger charge is -2.10. The molecule has 0 heterocycles. The number of phenolic OH excluding ortho intramolecular Hbond substituents is 1. The van der Waals surface area contributed by atoms with Gasteiger partial charge in [0.1, 0.15) is 16.3 Å². The van der Waals surface area contributed by atoms with Crippen LogP contribution in [0.3, 0.4) is 0 Å². The summed E-state index contributed by atoms with van der Waals surface area (Å²) in [6.07, 6.45) is 0. The molecule has 0 unspecified atom stereocenters. The monoisotopic (exact) mass is 437 g/mol. The lowest BCUT2D eigenvalue weighted by atomic mass is 10.1. The Morgan fingerprint density at radius 1 is 1.10 bits per heavy atom. The highest BCUT2D eigenvalue weighted by Gasteiger charge is 2.22. The summed E-state index contributed by atoms with van der Waals surface area (Å²) in [6.45, 7) is 0. The highest BCUT2D eigenvalue weighted by molar-refractivity contribution is 7.94. The highest BCUT2D eigenvalue weighted by atomic mass is 32.2. The second-order valence-electron chi connectivity index (χ2n) is 5.63. The van der Waals surface area contributed by atoms with Crippen molar-refractivity contribution in [3.63, 3.8) is 0 Å². The molecule has 29 heavy (non-hydrogen) atoms. The summed E-state index contributed by atoms with van der Waals surface area (Å²) in [7, 11) is -3.02. The van der Waals surface area contributed by atoms with Crippen molar-refractivity contribution in [3.05, 3.63) is 48.5 Å². The Balaban J connectivity index is 2.16. The molecule has 10 nitrogen and oxygen atoms in total. The van der Waals surface area contributed by atoms with E-state index in [0.29, 0.717) is 33.4 Å². The van der Waals surface area contributed by atoms with Gasteiger partial charge in [-0.05, 0) is 41.8 Å². The molecular weight excluding hydrogens is 422 g/mol. The Labute approximate surface area is 169 Å². The van der Waals surface area contributed by atoms with Crippen LogP contribution < -0.4 is 5.32 Å². The second-order valence-corrected chi connectivity index (χ2v) is 7.76. The van der Waals surface area contributed by atoms with Crippen LogP contribution in [0.5, 0.6) is 5.75 Å². The van der Waals surface area contributed by atoms with Crippen LogP contribution in [0.1, 0.15) is 0 Å². The molecule has 0 aliphatic rings. The summed E-state index contributed by atoms with van der Waals surface area (Å²) in [5, 5.41) is 33.9. The summed E-state index contributed by atoms with van der Waals surface area (Å²) >= 11 is 0.640. The number of hydrogen-bond acceptors (Lipinski definition) is 10. The number of phenols is 1. The van der Waals surface area contributed by atoms with Gasteiger partial charge in [-0.25, -0.2) is 5.26 Å². The molecule has 0 bridgehead atoms. The maximum Gasteiger partial charge on any atom is 0.296 e. The van der Waals surface area contributed by atoms with Crippen molar-refractivity contribution >= 4 is 50.0 Å². The molecule has 12 heteroatoms. The van der Waals surface area contributed by atoms with E-state index in [1.54, 1.807) is 43.4 Å². The van der Waals surface area contributed by atoms with E-state index in [-0.39, 0.29) is 5.69 Å². The van der Waals surface area contributed by atoms with Crippen LogP contribution in [0.4, 0.5) is 17.1 Å². The van der Waals surface area contributed by atoms with E-state index in [2.05, 4.69) is 24.9 Å². The van der Waals surface area contributed by atoms with Crippen molar-refractivity contribution in [3.8, 4) is 5.75 Å². The fraction of sp³-hybridized carbons (Fsp3) is 0.0588. The van der Waals surface area contributed by atoms with Gasteiger partial charge in [-0.3, -0.25) is 4.55 Å². The summed E-state index contributed by atoms with van der Waals surface area (Å²) in [5.41, 5.74) is 0.502. The van der Waals surface area contributed by atoms with Crippen molar-refractivity contribution in [1.29, 1.82) is 0 Å². The van der Waals surface area contributed by atoms with E-state index in [1.807, 2.05) is 0 Å². The molecule has 4 N–H and O–H groups in total. The number of rotatable bonds is 7. The normalized spacial score (nSPS) is 12.0. The smallest absolute Gasteiger partial charge is 0.296 e. The van der Waals surface area contributed by atoms with E-state index < -0.39 is 26.5 Å². The van der Waals surface area contributed by atoms with Gasteiger partial charge >= 0.3 is 0 Å². The van der Waals surface area contributed by atoms with Crippen LogP contribution in [0.15, 0.2) is 68.6 Å². The molecule has 0 aliphatic heterocycles. The zero-order valence-electron chi connectivity index (χ0n) is 14.8. The molecule has 3 aromatic rings. The van der Waals surface area contributed by atoms with Crippen molar-refractivity contribution < 1.29 is 32.7 Å². The van der Waals surface area contributed by atoms with Crippen molar-refractivity contribution in [1.82, 2.24) is 0 Å². The van der Waals surface area contributed by atoms with Gasteiger partial charge in [0.25, 0.3) is 10.1 Å². The Hall–Kier alpha value is -2.74. The van der Waals surface area contributed by atoms with Gasteiger partial charge in [0.15, 0.2) is 5.75 Å². The van der Waals surface area contributed by atoms with Crippen LogP contribution in [0.2, 0.25) is 0 Å². The van der Waals surface area contributed by atoms with E-state index in [4.69, 9.17) is 5.26 Å². The lowest BCUT2D eigenvalue weighted by Crippen LogP contribution is -1.99. The van der Waals surface area contributed by atoms with Crippen LogP contribution >= 0.6 is 12.0 Å². The van der Waals surface area contributed by atoms with Crippen molar-refractivity contribution in [2.75, 3.05) is 12.4 Å². The molecule has 0 saturated heterocycles. The fourth-order valence-electron chi connectivity index (χ4n) is 2.57. The number of nitrogens with one attached hydrogen (secondary N) is 1. The highest BCUT2D eigenvalue weighted by Crippen LogP contribution is 2.42. The topological polar surface area (TPSA) is 150 Å². The van der Waals surface area contributed by atoms with Gasteiger partial charge in [-0.15, -0.1) is 14.6 Å². The second kappa shape index (κ2) is 8.73. The summed E-state index contributed by atoms with van der Waals surface area (Å²) in [6, 6.07) is 12.5. The quantitative estimate of drug-likeness (QED) is 0.136. The summed E-state index contributed by atoms with van der Waals surface area (Å²) in [5.74, 6) is -0.457. The number of nitrogens with zero attached hydrogens (tertiary/aromatic N) is 2. The minimum atomic E-state index is -4.71. The van der Waals surface area contributed by atoms with Gasteiger partial charge in [0, 0.05) is 18.1 Å². The molecule has 3 aromatic carbocycles. The molecule has 152 valence electrons. The number of azo groups is 1. The third-order valence-electron chi connectivity index (χ3n) is 3.89. The van der Waals surface area contributed by atoms with Crippen molar-refractivity contribution in [2.45, 2.75) is 9.79 Å². The first kappa shape index (κ1) is 21.0. The minimum Gasteiger partial charge on any atom is -0.505 e. The van der Waals surface area contributed by atoms with E-state index in [0.717, 1.165) is 0 Å². The first-order valence-corrected chi connectivity index (χ1v) is 10.1. The molecule has 0 saturated carbocycles. The molecule has 0 atom stereocenters. The molecule has 0 aromatic heterocycles. The first-order valence-electron chi connectivity index (χ1n) is 7.95. The van der Waals surface area contributed by atoms with Crippen LogP contribution in [-0.2, 0) is 19.5 Å². The van der Waals surface area contributed by atoms with Crippen LogP contribution in [-0.4, -0.2) is 30.4 Å². The van der Waals surface area contributed by atoms with Gasteiger partial charge < -0.3 is 10.4 Å². The summed E-state index contributed by atoms with van der Waals surface area (Å²) in [4.78, 5) is -0.211. The Bertz CT molecular complexity index is 1180. The number of hydrogen-bond donors (Lipinski definition) is 4. The SMILES string of the molecule is CNc1ccc2c(O)c(N=Nc3ccccc3SOOO)c(S(=O)(=O)O)cc2c1. The number of fused-ring (bicyclic) bond motifs is 1. The van der Waals surface area contributed by atoms with Crippen LogP contribution in [0, 0.1) is 0 Å². The molecule has 0 amide bonds. The molecule has 0 radical (unpaired) electrons. The molecule has 0 spiro atoms. The standard InChI is InChI=1S/C17H15N3O7S2/c1-18-11-6-7-12-10(8-11)9-15(29(23,24)25)16(17(12)21)20-19-13-4-2-3-5-14(13)28-27-26-22/h2-9,18,21-22H,1H3,(H,23,24,25). The largest absolute Gasteiger partial charge is 0.505 e. The summed E-state index contributed by atoms with van der Waals surface area (Å²) < 4.78 is 37.8. The predicted molar refractivity (Wildman–Crippen MR) is 106 cm³/mol. The molecule has 3 rings (SSSR count). The third-order valence-corrected chi connectivity index (χ3v) is 5.42. The Kier molecular flexibility index (Phi) is 6.32. The number of aromatic hydroxyl groups is 1. The fourth-order valence-corrected chi connectivity index (χ4v) is 3.66. The third kappa shape index (κ3) is 4.64. The molecule has 0 fully saturated rings. The Morgan fingerprint density at radius 2 is 1.86 bits per heavy atom. The van der Waals surface area contributed by atoms with Gasteiger partial charge in [-0.1, -0.05) is 17.2 Å². The zero-order chi connectivity index (χ0) is 21.0. The molecule has 0 aliphatic carbocycles. The predicted octanol–water partition coefficient (Wildman–Crippen LogP) is 4.68. The average Bonchev–Trinajstić information content (AvgIpc) is 2.70. The lowest BCUT2D eigenvalue weighted by molar-refractivity contribution is -0.432. The van der Waals surface area contributed by atoms with Gasteiger partial charge in [0.05, 0.1) is 16.9 Å². The number of benzene rings is 3. The van der Waals surface area contributed by atoms with Crippen molar-refractivity contribution in [2.24, 2.45) is 10.2 Å². The Morgan fingerprint density at radius 3 is 2.55 bits per heavy atom. The molecular formula is C17H15N3O7S2. The van der Waals surface area contributed by atoms with E-state index in [1.165, 1.54) is 12.1 Å². The average molecular weight is 437 g/mol. The van der Waals surface area contributed by atoms with E-state index >= 15 is 0 Å². The van der Waals surface area contributed by atoms with Crippen LogP contribution in [0.25, 0.3) is 10.8 Å². The van der Waals surface area contributed by atoms with E-state index in [9.17, 15) is 18.1 Å². The van der Waals surface area contributed by atoms with Gasteiger partial charge in [0.2, 0.25) is 0 Å². The zero-order valence-corrected chi connectivity index (χ0v) is 16.4. The van der Waals surface area contributed by atoms with Gasteiger partial charge in [-0.2, -0.15) is 8.42 Å². The minimum absolute atomic E-state index is 0.237. The number of anilines is 1.